The molecule has 0 radical (unpaired) electrons. The molecule has 14 heteroatoms. The topological polar surface area (TPSA) is 190 Å². The van der Waals surface area contributed by atoms with Crippen LogP contribution in [0.4, 0.5) is 10.6 Å². The van der Waals surface area contributed by atoms with E-state index in [1.165, 1.54) is 12.3 Å². The molecule has 3 saturated heterocycles. The van der Waals surface area contributed by atoms with Crippen LogP contribution in [-0.2, 0) is 14.3 Å². The number of carbonyl (C=O) groups is 2. The number of aromatic nitrogens is 2. The van der Waals surface area contributed by atoms with E-state index in [4.69, 9.17) is 15.2 Å². The first-order valence-electron chi connectivity index (χ1n) is 12.2. The number of nitrogen functional groups attached to an aromatic ring is 1. The Morgan fingerprint density at radius 3 is 2.92 bits per heavy atom. The number of unbranched alkanes of at least 4 members (excludes halogenated alkanes) is 1. The number of amides is 3. The number of nitrogens with one attached hydrogen (secondary N) is 3. The number of fused-ring (bicyclic) bond motifs is 1. The summed E-state index contributed by atoms with van der Waals surface area (Å²) < 4.78 is 12.2. The Morgan fingerprint density at radius 1 is 1.28 bits per heavy atom. The molecule has 3 aliphatic heterocycles. The van der Waals surface area contributed by atoms with Crippen molar-refractivity contribution in [2.45, 2.75) is 74.0 Å². The van der Waals surface area contributed by atoms with Crippen LogP contribution in [0, 0.1) is 0 Å². The van der Waals surface area contributed by atoms with E-state index in [-0.39, 0.29) is 36.4 Å². The van der Waals surface area contributed by atoms with E-state index < -0.39 is 30.2 Å². The van der Waals surface area contributed by atoms with Crippen molar-refractivity contribution < 1.29 is 29.3 Å². The first-order valence-corrected chi connectivity index (χ1v) is 13.3. The summed E-state index contributed by atoms with van der Waals surface area (Å²) in [5.74, 6) is 0.977. The quantitative estimate of drug-likeness (QED) is 0.141. The number of nitrogens with zero attached hydrogens (tertiary/aromatic N) is 2. The fourth-order valence-corrected chi connectivity index (χ4v) is 6.22. The highest BCUT2D eigenvalue weighted by molar-refractivity contribution is 8.00. The van der Waals surface area contributed by atoms with Gasteiger partial charge in [-0.3, -0.25) is 9.36 Å². The third-order valence-electron chi connectivity index (χ3n) is 6.61. The van der Waals surface area contributed by atoms with Gasteiger partial charge >= 0.3 is 11.7 Å². The first kappa shape index (κ1) is 26.7. The maximum atomic E-state index is 12.1. The number of aliphatic hydroxyl groups is 2. The second-order valence-electron chi connectivity index (χ2n) is 9.23. The smallest absolute Gasteiger partial charge is 0.351 e. The summed E-state index contributed by atoms with van der Waals surface area (Å²) >= 11 is 1.87. The number of aliphatic hydroxyl groups excluding tert-OH is 2. The Morgan fingerprint density at radius 2 is 2.11 bits per heavy atom. The van der Waals surface area contributed by atoms with E-state index in [0.717, 1.165) is 29.6 Å². The largest absolute Gasteiger partial charge is 0.387 e. The molecule has 4 rings (SSSR count). The van der Waals surface area contributed by atoms with Crippen molar-refractivity contribution in [3.63, 3.8) is 0 Å². The lowest BCUT2D eigenvalue weighted by molar-refractivity contribution is -0.121. The second-order valence-corrected chi connectivity index (χ2v) is 10.5. The number of carbonyl (C=O) groups excluding carboxylic acids is 2. The highest BCUT2D eigenvalue weighted by Crippen LogP contribution is 2.33. The molecular weight excluding hydrogens is 492 g/mol. The van der Waals surface area contributed by atoms with Crippen molar-refractivity contribution in [3.8, 4) is 0 Å². The number of urea groups is 1. The fraction of sp³-hybridized carbons (Fsp3) is 0.727. The Balaban J connectivity index is 1.05. The van der Waals surface area contributed by atoms with Crippen LogP contribution in [0.15, 0.2) is 17.1 Å². The number of ether oxygens (including phenoxy) is 2. The molecule has 0 bridgehead atoms. The number of anilines is 1. The molecule has 1 aromatic heterocycles. The highest BCUT2D eigenvalue weighted by atomic mass is 32.2. The molecule has 0 aromatic carbocycles. The van der Waals surface area contributed by atoms with Gasteiger partial charge in [-0.15, -0.1) is 0 Å². The van der Waals surface area contributed by atoms with Crippen molar-refractivity contribution in [1.82, 2.24) is 25.5 Å². The van der Waals surface area contributed by atoms with Crippen molar-refractivity contribution in [2.24, 2.45) is 0 Å². The number of nitrogens with two attached hydrogens (primary N) is 1. The maximum Gasteiger partial charge on any atom is 0.351 e. The zero-order chi connectivity index (χ0) is 25.7. The molecule has 0 spiro atoms. The summed E-state index contributed by atoms with van der Waals surface area (Å²) in [5, 5.41) is 29.7. The maximum absolute atomic E-state index is 12.1. The van der Waals surface area contributed by atoms with Crippen molar-refractivity contribution in [1.29, 1.82) is 0 Å². The van der Waals surface area contributed by atoms with Gasteiger partial charge in [-0.25, -0.2) is 9.59 Å². The van der Waals surface area contributed by atoms with E-state index in [1.54, 1.807) is 0 Å². The van der Waals surface area contributed by atoms with Crippen LogP contribution < -0.4 is 27.4 Å². The minimum atomic E-state index is -1.32. The van der Waals surface area contributed by atoms with Crippen LogP contribution in [0.2, 0.25) is 0 Å². The Kier molecular flexibility index (Phi) is 9.06. The summed E-state index contributed by atoms with van der Waals surface area (Å²) in [7, 11) is 0. The molecule has 200 valence electrons. The highest BCUT2D eigenvalue weighted by Gasteiger charge is 2.44. The lowest BCUT2D eigenvalue weighted by Gasteiger charge is -2.17. The molecular formula is C22H34N6O7S. The number of hydrogen-bond acceptors (Lipinski definition) is 10. The minimum Gasteiger partial charge on any atom is -0.387 e. The van der Waals surface area contributed by atoms with Gasteiger partial charge in [-0.05, 0) is 25.3 Å². The van der Waals surface area contributed by atoms with Gasteiger partial charge in [0.05, 0.1) is 18.7 Å². The van der Waals surface area contributed by atoms with Gasteiger partial charge in [0.2, 0.25) is 5.91 Å². The van der Waals surface area contributed by atoms with E-state index in [2.05, 4.69) is 20.9 Å². The van der Waals surface area contributed by atoms with Gasteiger partial charge in [0, 0.05) is 36.8 Å². The van der Waals surface area contributed by atoms with Gasteiger partial charge in [0.25, 0.3) is 0 Å². The van der Waals surface area contributed by atoms with Crippen LogP contribution in [0.25, 0.3) is 0 Å². The van der Waals surface area contributed by atoms with Crippen molar-refractivity contribution in [3.05, 3.63) is 22.7 Å². The lowest BCUT2D eigenvalue weighted by Crippen LogP contribution is -2.36. The molecule has 4 heterocycles. The van der Waals surface area contributed by atoms with Gasteiger partial charge < -0.3 is 41.4 Å². The molecule has 0 saturated carbocycles. The number of hydrogen-bond donors (Lipinski definition) is 6. The molecule has 36 heavy (non-hydrogen) atoms. The fourth-order valence-electron chi connectivity index (χ4n) is 4.68. The zero-order valence-electron chi connectivity index (χ0n) is 19.9. The molecule has 0 aliphatic carbocycles. The first-order chi connectivity index (χ1) is 17.3. The molecule has 3 amide bonds. The number of thioether (sulfide) groups is 1. The van der Waals surface area contributed by atoms with Gasteiger partial charge in [-0.1, -0.05) is 6.42 Å². The molecule has 3 aliphatic rings. The SMILES string of the molecule is Nc1ccn([C@@H]2O[C@H](COCCCNC(=O)CCCC[C@@H]3SC[C@@H]4NC(=O)N[C@@H]43)[C@@H](O)[C@H]2O)c(=O)n1. The van der Waals surface area contributed by atoms with Crippen LogP contribution in [0.5, 0.6) is 0 Å². The van der Waals surface area contributed by atoms with Crippen LogP contribution in [0.3, 0.4) is 0 Å². The predicted molar refractivity (Wildman–Crippen MR) is 131 cm³/mol. The molecule has 3 fully saturated rings. The number of rotatable bonds is 12. The van der Waals surface area contributed by atoms with Gasteiger partial charge in [0.15, 0.2) is 6.23 Å². The summed E-state index contributed by atoms with van der Waals surface area (Å²) in [4.78, 5) is 39.1. The predicted octanol–water partition coefficient (Wildman–Crippen LogP) is -1.31. The molecule has 0 unspecified atom stereocenters. The van der Waals surface area contributed by atoms with Gasteiger partial charge in [0.1, 0.15) is 24.1 Å². The zero-order valence-corrected chi connectivity index (χ0v) is 20.7. The van der Waals surface area contributed by atoms with E-state index in [9.17, 15) is 24.6 Å². The Hall–Kier alpha value is -2.39. The molecule has 7 atom stereocenters. The van der Waals surface area contributed by atoms with E-state index in [1.807, 2.05) is 11.8 Å². The van der Waals surface area contributed by atoms with E-state index >= 15 is 0 Å². The molecule has 13 nitrogen and oxygen atoms in total. The Labute approximate surface area is 212 Å². The second kappa shape index (κ2) is 12.2. The summed E-state index contributed by atoms with van der Waals surface area (Å²) in [5.41, 5.74) is 4.79. The average molecular weight is 527 g/mol. The summed E-state index contributed by atoms with van der Waals surface area (Å²) in [6.45, 7) is 0.819. The standard InChI is InChI=1S/C22H34N6O7S/c23-15-6-8-28(22(33)26-15)20-19(31)18(30)13(35-20)10-34-9-3-7-24-16(29)5-2-1-4-14-17-12(11-36-14)25-21(32)27-17/h6,8,12-14,17-20,30-31H,1-5,7,9-11H2,(H,24,29)(H2,23,26,33)(H2,25,27,32)/t12-,13+,14-,17-,18+,19+,20+/m0/s1. The Bertz CT molecular complexity index is 980. The van der Waals surface area contributed by atoms with Gasteiger partial charge in [-0.2, -0.15) is 16.7 Å². The van der Waals surface area contributed by atoms with Crippen LogP contribution in [0.1, 0.15) is 38.3 Å². The minimum absolute atomic E-state index is 0.00847. The third-order valence-corrected chi connectivity index (χ3v) is 8.12. The molecule has 7 N–H and O–H groups in total. The average Bonchev–Trinajstić information content (AvgIpc) is 3.47. The van der Waals surface area contributed by atoms with Crippen molar-refractivity contribution >= 4 is 29.5 Å². The van der Waals surface area contributed by atoms with Crippen molar-refractivity contribution in [2.75, 3.05) is 31.2 Å². The third kappa shape index (κ3) is 6.48. The lowest BCUT2D eigenvalue weighted by atomic mass is 10.0. The van der Waals surface area contributed by atoms with Crippen LogP contribution >= 0.6 is 11.8 Å². The summed E-state index contributed by atoms with van der Waals surface area (Å²) in [6.07, 6.45) is 0.649. The van der Waals surface area contributed by atoms with Crippen LogP contribution in [-0.4, -0.2) is 92.9 Å². The normalized spacial score (nSPS) is 31.2. The van der Waals surface area contributed by atoms with E-state index in [0.29, 0.717) is 31.2 Å². The summed E-state index contributed by atoms with van der Waals surface area (Å²) in [6, 6.07) is 1.73. The molecule has 1 aromatic rings. The monoisotopic (exact) mass is 526 g/mol.